The Morgan fingerprint density at radius 1 is 1.11 bits per heavy atom. The van der Waals surface area contributed by atoms with Gasteiger partial charge in [-0.2, -0.15) is 0 Å². The van der Waals surface area contributed by atoms with Gasteiger partial charge in [0.2, 0.25) is 0 Å². The summed E-state index contributed by atoms with van der Waals surface area (Å²) in [5, 5.41) is 3.16. The van der Waals surface area contributed by atoms with Gasteiger partial charge in [0.15, 0.2) is 0 Å². The Hall–Kier alpha value is -3.61. The van der Waals surface area contributed by atoms with E-state index in [0.717, 1.165) is 16.5 Å². The molecule has 0 aliphatic rings. The average Bonchev–Trinajstić information content (AvgIpc) is 2.66. The van der Waals surface area contributed by atoms with Crippen LogP contribution in [0.15, 0.2) is 63.8 Å². The quantitative estimate of drug-likeness (QED) is 0.414. The predicted octanol–water partition coefficient (Wildman–Crippen LogP) is 3.32. The third kappa shape index (κ3) is 4.76. The van der Waals surface area contributed by atoms with Crippen LogP contribution in [0.2, 0.25) is 0 Å². The summed E-state index contributed by atoms with van der Waals surface area (Å²) >= 11 is 0. The van der Waals surface area contributed by atoms with Crippen molar-refractivity contribution < 1.29 is 23.5 Å². The molecule has 0 bridgehead atoms. The summed E-state index contributed by atoms with van der Waals surface area (Å²) in [6.45, 7) is 3.37. The van der Waals surface area contributed by atoms with Gasteiger partial charge in [-0.25, -0.2) is 14.4 Å². The number of nitrogens with one attached hydrogen (secondary N) is 1. The molecule has 1 amide bonds. The number of hydrogen-bond donors (Lipinski definition) is 1. The number of carbonyl (C=O) groups is 2. The normalized spacial score (nSPS) is 11.6. The molecular formula is C21H19NO6. The van der Waals surface area contributed by atoms with Crippen LogP contribution < -0.4 is 15.7 Å². The van der Waals surface area contributed by atoms with Gasteiger partial charge in [-0.15, -0.1) is 0 Å². The van der Waals surface area contributed by atoms with Gasteiger partial charge >= 0.3 is 17.7 Å². The molecule has 3 rings (SSSR count). The molecule has 7 nitrogen and oxygen atoms in total. The maximum absolute atomic E-state index is 12.2. The number of amides is 1. The van der Waals surface area contributed by atoms with Crippen molar-refractivity contribution in [3.8, 4) is 5.75 Å². The van der Waals surface area contributed by atoms with Crippen LogP contribution in [0.1, 0.15) is 18.1 Å². The van der Waals surface area contributed by atoms with E-state index in [1.54, 1.807) is 19.1 Å². The third-order valence-corrected chi connectivity index (χ3v) is 4.04. The highest BCUT2D eigenvalue weighted by molar-refractivity contribution is 5.85. The zero-order chi connectivity index (χ0) is 20.1. The Morgan fingerprint density at radius 2 is 1.86 bits per heavy atom. The largest absolute Gasteiger partial charge is 0.445 e. The van der Waals surface area contributed by atoms with Gasteiger partial charge in [-0.05, 0) is 37.1 Å². The number of esters is 1. The summed E-state index contributed by atoms with van der Waals surface area (Å²) in [6, 6.07) is 14.4. The number of fused-ring (bicyclic) bond motifs is 1. The lowest BCUT2D eigenvalue weighted by molar-refractivity contribution is -0.136. The van der Waals surface area contributed by atoms with Gasteiger partial charge in [-0.3, -0.25) is 0 Å². The van der Waals surface area contributed by atoms with Crippen molar-refractivity contribution in [3.05, 3.63) is 76.1 Å². The first-order valence-corrected chi connectivity index (χ1v) is 8.66. The Morgan fingerprint density at radius 3 is 2.61 bits per heavy atom. The van der Waals surface area contributed by atoms with E-state index in [1.165, 1.54) is 19.1 Å². The van der Waals surface area contributed by atoms with Crippen molar-refractivity contribution in [2.24, 2.45) is 0 Å². The fourth-order valence-electron chi connectivity index (χ4n) is 2.57. The van der Waals surface area contributed by atoms with Crippen molar-refractivity contribution in [2.45, 2.75) is 26.5 Å². The van der Waals surface area contributed by atoms with E-state index in [2.05, 4.69) is 5.32 Å². The molecule has 0 unspecified atom stereocenters. The number of carbonyl (C=O) groups excluding carboxylic acids is 2. The maximum Gasteiger partial charge on any atom is 0.408 e. The average molecular weight is 381 g/mol. The summed E-state index contributed by atoms with van der Waals surface area (Å²) in [5.74, 6) is -0.469. The van der Waals surface area contributed by atoms with E-state index in [4.69, 9.17) is 13.9 Å². The van der Waals surface area contributed by atoms with Gasteiger partial charge in [0.05, 0.1) is 0 Å². The molecule has 0 radical (unpaired) electrons. The molecule has 7 heteroatoms. The zero-order valence-electron chi connectivity index (χ0n) is 15.4. The smallest absolute Gasteiger partial charge is 0.408 e. The summed E-state index contributed by atoms with van der Waals surface area (Å²) < 4.78 is 15.5. The van der Waals surface area contributed by atoms with E-state index in [-0.39, 0.29) is 12.4 Å². The molecule has 0 fully saturated rings. The van der Waals surface area contributed by atoms with Crippen molar-refractivity contribution in [2.75, 3.05) is 0 Å². The Balaban J connectivity index is 1.58. The highest BCUT2D eigenvalue weighted by Crippen LogP contribution is 2.22. The molecule has 1 heterocycles. The van der Waals surface area contributed by atoms with Crippen LogP contribution in [0, 0.1) is 6.92 Å². The molecule has 0 spiro atoms. The molecule has 0 saturated heterocycles. The molecule has 3 aromatic rings. The Bertz CT molecular complexity index is 1060. The van der Waals surface area contributed by atoms with Crippen LogP contribution in [0.5, 0.6) is 5.75 Å². The zero-order valence-corrected chi connectivity index (χ0v) is 15.4. The molecule has 0 aliphatic carbocycles. The molecule has 1 N–H and O–H groups in total. The lowest BCUT2D eigenvalue weighted by atomic mass is 10.1. The Kier molecular flexibility index (Phi) is 5.74. The van der Waals surface area contributed by atoms with E-state index in [9.17, 15) is 14.4 Å². The lowest BCUT2D eigenvalue weighted by Gasteiger charge is -2.13. The minimum atomic E-state index is -0.927. The van der Waals surface area contributed by atoms with Crippen molar-refractivity contribution >= 4 is 23.0 Å². The second kappa shape index (κ2) is 8.39. The lowest BCUT2D eigenvalue weighted by Crippen LogP contribution is -2.41. The number of rotatable bonds is 5. The monoisotopic (exact) mass is 381 g/mol. The first-order chi connectivity index (χ1) is 13.4. The summed E-state index contributed by atoms with van der Waals surface area (Å²) in [4.78, 5) is 35.5. The SMILES string of the molecule is Cc1cc(=O)oc2cc(OC(=O)[C@@H](C)NC(=O)OCc3ccccc3)ccc12. The molecule has 28 heavy (non-hydrogen) atoms. The van der Waals surface area contributed by atoms with Gasteiger partial charge in [0.25, 0.3) is 0 Å². The maximum atomic E-state index is 12.2. The van der Waals surface area contributed by atoms with Gasteiger partial charge < -0.3 is 19.2 Å². The summed E-state index contributed by atoms with van der Waals surface area (Å²) in [6.07, 6.45) is -0.728. The number of aryl methyl sites for hydroxylation is 1. The van der Waals surface area contributed by atoms with Gasteiger partial charge in [0, 0.05) is 17.5 Å². The topological polar surface area (TPSA) is 94.8 Å². The minimum absolute atomic E-state index is 0.0947. The fraction of sp³-hybridized carbons (Fsp3) is 0.190. The highest BCUT2D eigenvalue weighted by Gasteiger charge is 2.19. The second-order valence-corrected chi connectivity index (χ2v) is 6.26. The molecule has 0 saturated carbocycles. The minimum Gasteiger partial charge on any atom is -0.445 e. The molecule has 0 aliphatic heterocycles. The van der Waals surface area contributed by atoms with Crippen LogP contribution in [-0.4, -0.2) is 18.1 Å². The first-order valence-electron chi connectivity index (χ1n) is 8.66. The molecule has 1 aromatic heterocycles. The van der Waals surface area contributed by atoms with E-state index >= 15 is 0 Å². The number of benzene rings is 2. The van der Waals surface area contributed by atoms with Gasteiger partial charge in [0.1, 0.15) is 24.0 Å². The van der Waals surface area contributed by atoms with Crippen LogP contribution in [0.4, 0.5) is 4.79 Å². The van der Waals surface area contributed by atoms with E-state index in [0.29, 0.717) is 5.58 Å². The molecule has 2 aromatic carbocycles. The number of hydrogen-bond acceptors (Lipinski definition) is 6. The van der Waals surface area contributed by atoms with Crippen molar-refractivity contribution in [3.63, 3.8) is 0 Å². The van der Waals surface area contributed by atoms with Crippen LogP contribution in [0.3, 0.4) is 0 Å². The molecular weight excluding hydrogens is 362 g/mol. The second-order valence-electron chi connectivity index (χ2n) is 6.26. The van der Waals surface area contributed by atoms with Crippen LogP contribution in [0.25, 0.3) is 11.0 Å². The van der Waals surface area contributed by atoms with Gasteiger partial charge in [-0.1, -0.05) is 30.3 Å². The number of alkyl carbamates (subject to hydrolysis) is 1. The predicted molar refractivity (Wildman–Crippen MR) is 102 cm³/mol. The third-order valence-electron chi connectivity index (χ3n) is 4.04. The first kappa shape index (κ1) is 19.2. The van der Waals surface area contributed by atoms with Crippen LogP contribution >= 0.6 is 0 Å². The molecule has 1 atom stereocenters. The Labute approximate surface area is 160 Å². The molecule has 144 valence electrons. The van der Waals surface area contributed by atoms with Crippen molar-refractivity contribution in [1.82, 2.24) is 5.32 Å². The summed E-state index contributed by atoms with van der Waals surface area (Å²) in [5.41, 5.74) is 1.43. The number of ether oxygens (including phenoxy) is 2. The van der Waals surface area contributed by atoms with Crippen LogP contribution in [-0.2, 0) is 16.1 Å². The standard InChI is InChI=1S/C21H19NO6/c1-13-10-19(23)28-18-11-16(8-9-17(13)18)27-20(24)14(2)22-21(25)26-12-15-6-4-3-5-7-15/h3-11,14H,12H2,1-2H3,(H,22,25)/t14-/m1/s1. The summed E-state index contributed by atoms with van der Waals surface area (Å²) in [7, 11) is 0. The van der Waals surface area contributed by atoms with E-state index in [1.807, 2.05) is 30.3 Å². The van der Waals surface area contributed by atoms with Crippen molar-refractivity contribution in [1.29, 1.82) is 0 Å². The van der Waals surface area contributed by atoms with E-state index < -0.39 is 23.7 Å². The fourth-order valence-corrected chi connectivity index (χ4v) is 2.57. The highest BCUT2D eigenvalue weighted by atomic mass is 16.6.